The molecule has 0 amide bonds. The van der Waals surface area contributed by atoms with Crippen LogP contribution < -0.4 is 5.32 Å². The second kappa shape index (κ2) is 5.83. The Labute approximate surface area is 104 Å². The van der Waals surface area contributed by atoms with Crippen LogP contribution in [0.25, 0.3) is 0 Å². The molecule has 0 spiro atoms. The molecule has 4 nitrogen and oxygen atoms in total. The van der Waals surface area contributed by atoms with Crippen LogP contribution in [0.5, 0.6) is 0 Å². The second-order valence-electron chi connectivity index (χ2n) is 5.24. The minimum atomic E-state index is -0.741. The standard InChI is InChI=1S/C13H26N2O2/c1-5-14-13(12(16)17,11-7-8-11)9-15(6-2)10(3)4/h10-11,14H,5-9H2,1-4H3,(H,16,17). The molecule has 1 unspecified atom stereocenters. The Hall–Kier alpha value is -0.610. The molecule has 0 heterocycles. The van der Waals surface area contributed by atoms with Crippen molar-refractivity contribution in [2.45, 2.75) is 52.1 Å². The van der Waals surface area contributed by atoms with E-state index in [9.17, 15) is 9.90 Å². The number of nitrogens with one attached hydrogen (secondary N) is 1. The van der Waals surface area contributed by atoms with Crippen molar-refractivity contribution < 1.29 is 9.90 Å². The van der Waals surface area contributed by atoms with Crippen LogP contribution in [0.1, 0.15) is 40.5 Å². The summed E-state index contributed by atoms with van der Waals surface area (Å²) in [4.78, 5) is 13.9. The van der Waals surface area contributed by atoms with Gasteiger partial charge in [-0.05, 0) is 45.7 Å². The normalized spacial score (nSPS) is 19.6. The minimum Gasteiger partial charge on any atom is -0.480 e. The van der Waals surface area contributed by atoms with Crippen molar-refractivity contribution in [2.75, 3.05) is 19.6 Å². The van der Waals surface area contributed by atoms with Gasteiger partial charge in [0.1, 0.15) is 5.54 Å². The Bertz CT molecular complexity index is 264. The molecule has 1 aliphatic carbocycles. The highest BCUT2D eigenvalue weighted by atomic mass is 16.4. The van der Waals surface area contributed by atoms with E-state index in [4.69, 9.17) is 0 Å². The number of carboxylic acid groups (broad SMARTS) is 1. The Kier molecular flexibility index (Phi) is 4.95. The van der Waals surface area contributed by atoms with Crippen molar-refractivity contribution in [1.82, 2.24) is 10.2 Å². The van der Waals surface area contributed by atoms with Crippen LogP contribution in [0, 0.1) is 5.92 Å². The molecular weight excluding hydrogens is 216 g/mol. The summed E-state index contributed by atoms with van der Waals surface area (Å²) in [5.41, 5.74) is -0.741. The van der Waals surface area contributed by atoms with Gasteiger partial charge in [0.25, 0.3) is 0 Å². The van der Waals surface area contributed by atoms with Crippen molar-refractivity contribution >= 4 is 5.97 Å². The molecule has 17 heavy (non-hydrogen) atoms. The van der Waals surface area contributed by atoms with Gasteiger partial charge in [0, 0.05) is 12.6 Å². The van der Waals surface area contributed by atoms with Crippen LogP contribution >= 0.6 is 0 Å². The van der Waals surface area contributed by atoms with Crippen molar-refractivity contribution in [3.63, 3.8) is 0 Å². The van der Waals surface area contributed by atoms with Crippen LogP contribution in [0.3, 0.4) is 0 Å². The molecular formula is C13H26N2O2. The first kappa shape index (κ1) is 14.5. The zero-order valence-electron chi connectivity index (χ0n) is 11.5. The average molecular weight is 242 g/mol. The lowest BCUT2D eigenvalue weighted by Crippen LogP contribution is -2.61. The van der Waals surface area contributed by atoms with E-state index in [0.29, 0.717) is 25.0 Å². The number of carboxylic acids is 1. The molecule has 0 aromatic heterocycles. The monoisotopic (exact) mass is 242 g/mol. The van der Waals surface area contributed by atoms with Crippen LogP contribution in [-0.2, 0) is 4.79 Å². The summed E-state index contributed by atoms with van der Waals surface area (Å²) in [6, 6.07) is 0.385. The Morgan fingerprint density at radius 2 is 2.06 bits per heavy atom. The molecule has 0 bridgehead atoms. The number of likely N-dealkylation sites (N-methyl/N-ethyl adjacent to an activating group) is 2. The predicted molar refractivity (Wildman–Crippen MR) is 69.2 cm³/mol. The third-order valence-electron chi connectivity index (χ3n) is 3.74. The summed E-state index contributed by atoms with van der Waals surface area (Å²) in [6.07, 6.45) is 2.07. The maximum absolute atomic E-state index is 11.7. The van der Waals surface area contributed by atoms with Gasteiger partial charge in [-0.15, -0.1) is 0 Å². The molecule has 100 valence electrons. The zero-order chi connectivity index (χ0) is 13.1. The van der Waals surface area contributed by atoms with E-state index in [1.165, 1.54) is 0 Å². The Morgan fingerprint density at radius 1 is 1.47 bits per heavy atom. The molecule has 0 aliphatic heterocycles. The van der Waals surface area contributed by atoms with Gasteiger partial charge in [-0.3, -0.25) is 9.69 Å². The maximum atomic E-state index is 11.7. The van der Waals surface area contributed by atoms with Crippen molar-refractivity contribution in [3.05, 3.63) is 0 Å². The SMILES string of the molecule is CCNC(CN(CC)C(C)C)(C(=O)O)C1CC1. The van der Waals surface area contributed by atoms with Gasteiger partial charge in [0.15, 0.2) is 0 Å². The number of nitrogens with zero attached hydrogens (tertiary/aromatic N) is 1. The van der Waals surface area contributed by atoms with Gasteiger partial charge in [0.2, 0.25) is 0 Å². The third-order valence-corrected chi connectivity index (χ3v) is 3.74. The first-order valence-electron chi connectivity index (χ1n) is 6.70. The Balaban J connectivity index is 2.84. The molecule has 0 radical (unpaired) electrons. The highest BCUT2D eigenvalue weighted by Gasteiger charge is 2.51. The van der Waals surface area contributed by atoms with Gasteiger partial charge in [0.05, 0.1) is 0 Å². The van der Waals surface area contributed by atoms with E-state index in [1.54, 1.807) is 0 Å². The van der Waals surface area contributed by atoms with Gasteiger partial charge in [-0.25, -0.2) is 0 Å². The summed E-state index contributed by atoms with van der Waals surface area (Å²) in [6.45, 7) is 10.5. The van der Waals surface area contributed by atoms with E-state index >= 15 is 0 Å². The highest BCUT2D eigenvalue weighted by molar-refractivity contribution is 5.80. The van der Waals surface area contributed by atoms with Gasteiger partial charge in [-0.2, -0.15) is 0 Å². The fourth-order valence-electron chi connectivity index (χ4n) is 2.52. The topological polar surface area (TPSA) is 52.6 Å². The largest absolute Gasteiger partial charge is 0.480 e. The summed E-state index contributed by atoms with van der Waals surface area (Å²) in [5.74, 6) is -0.395. The van der Waals surface area contributed by atoms with Gasteiger partial charge >= 0.3 is 5.97 Å². The van der Waals surface area contributed by atoms with Crippen molar-refractivity contribution in [2.24, 2.45) is 5.92 Å². The van der Waals surface area contributed by atoms with Crippen LogP contribution in [0.15, 0.2) is 0 Å². The molecule has 1 rings (SSSR count). The number of carbonyl (C=O) groups is 1. The quantitative estimate of drug-likeness (QED) is 0.678. The zero-order valence-corrected chi connectivity index (χ0v) is 11.5. The van der Waals surface area contributed by atoms with E-state index in [-0.39, 0.29) is 0 Å². The molecule has 4 heteroatoms. The second-order valence-corrected chi connectivity index (χ2v) is 5.24. The fourth-order valence-corrected chi connectivity index (χ4v) is 2.52. The summed E-state index contributed by atoms with van der Waals surface area (Å²) < 4.78 is 0. The minimum absolute atomic E-state index is 0.299. The lowest BCUT2D eigenvalue weighted by molar-refractivity contribution is -0.147. The number of rotatable bonds is 8. The molecule has 1 atom stereocenters. The maximum Gasteiger partial charge on any atom is 0.325 e. The van der Waals surface area contributed by atoms with E-state index in [1.807, 2.05) is 6.92 Å². The summed E-state index contributed by atoms with van der Waals surface area (Å²) in [7, 11) is 0. The first-order valence-corrected chi connectivity index (χ1v) is 6.70. The number of hydrogen-bond acceptors (Lipinski definition) is 3. The lowest BCUT2D eigenvalue weighted by Gasteiger charge is -2.37. The van der Waals surface area contributed by atoms with Crippen molar-refractivity contribution in [1.29, 1.82) is 0 Å². The predicted octanol–water partition coefficient (Wildman–Crippen LogP) is 1.56. The van der Waals surface area contributed by atoms with Crippen LogP contribution in [0.2, 0.25) is 0 Å². The molecule has 1 fully saturated rings. The van der Waals surface area contributed by atoms with Crippen LogP contribution in [0.4, 0.5) is 0 Å². The number of hydrogen-bond donors (Lipinski definition) is 2. The highest BCUT2D eigenvalue weighted by Crippen LogP contribution is 2.40. The summed E-state index contributed by atoms with van der Waals surface area (Å²) >= 11 is 0. The molecule has 1 aliphatic rings. The molecule has 2 N–H and O–H groups in total. The third kappa shape index (κ3) is 3.19. The van der Waals surface area contributed by atoms with Crippen LogP contribution in [-0.4, -0.2) is 47.2 Å². The molecule has 1 saturated carbocycles. The lowest BCUT2D eigenvalue weighted by atomic mass is 9.91. The fraction of sp³-hybridized carbons (Fsp3) is 0.923. The smallest absolute Gasteiger partial charge is 0.325 e. The summed E-state index contributed by atoms with van der Waals surface area (Å²) in [5, 5.41) is 12.8. The van der Waals surface area contributed by atoms with Gasteiger partial charge < -0.3 is 10.4 Å². The molecule has 0 saturated heterocycles. The average Bonchev–Trinajstić information content (AvgIpc) is 3.07. The van der Waals surface area contributed by atoms with Gasteiger partial charge in [-0.1, -0.05) is 13.8 Å². The Morgan fingerprint density at radius 3 is 2.35 bits per heavy atom. The van der Waals surface area contributed by atoms with E-state index < -0.39 is 11.5 Å². The molecule has 0 aromatic rings. The van der Waals surface area contributed by atoms with E-state index in [2.05, 4.69) is 31.0 Å². The van der Waals surface area contributed by atoms with E-state index in [0.717, 1.165) is 19.4 Å². The van der Waals surface area contributed by atoms with Crippen molar-refractivity contribution in [3.8, 4) is 0 Å². The first-order chi connectivity index (χ1) is 7.97. The number of aliphatic carboxylic acids is 1. The molecule has 0 aromatic carbocycles.